The zero-order valence-electron chi connectivity index (χ0n) is 14.0. The van der Waals surface area contributed by atoms with Gasteiger partial charge in [0.25, 0.3) is 0 Å². The van der Waals surface area contributed by atoms with Crippen molar-refractivity contribution in [2.45, 2.75) is 11.6 Å². The fourth-order valence-corrected chi connectivity index (χ4v) is 3.13. The number of thioether (sulfide) groups is 1. The molecule has 0 aliphatic carbocycles. The monoisotopic (exact) mass is 358 g/mol. The zero-order chi connectivity index (χ0) is 17.9. The number of hydrogen-bond donors (Lipinski definition) is 0. The summed E-state index contributed by atoms with van der Waals surface area (Å²) in [6.07, 6.45) is 5.58. The molecule has 0 unspecified atom stereocenters. The lowest BCUT2D eigenvalue weighted by atomic mass is 10.2. The van der Waals surface area contributed by atoms with Crippen LogP contribution in [-0.4, -0.2) is 30.8 Å². The van der Waals surface area contributed by atoms with Crippen LogP contribution in [0.3, 0.4) is 0 Å². The highest BCUT2D eigenvalue weighted by atomic mass is 32.2. The van der Waals surface area contributed by atoms with Gasteiger partial charge in [-0.15, -0.1) is 0 Å². The van der Waals surface area contributed by atoms with Crippen molar-refractivity contribution in [3.63, 3.8) is 0 Å². The average Bonchev–Trinajstić information content (AvgIpc) is 3.11. The second-order valence-electron chi connectivity index (χ2n) is 5.53. The predicted octanol–water partition coefficient (Wildman–Crippen LogP) is 3.67. The summed E-state index contributed by atoms with van der Waals surface area (Å²) in [6, 6.07) is 15.9. The fourth-order valence-electron chi connectivity index (χ4n) is 2.77. The number of pyridine rings is 1. The number of hydrogen-bond acceptors (Lipinski definition) is 6. The molecule has 7 heteroatoms. The summed E-state index contributed by atoms with van der Waals surface area (Å²) in [7, 11) is 0. The standard InChI is InChI=1S/C19H14N6S/c1-26-19-21-11-9-17(24-19)25-14(8-10-20)12-22-18(25)16-7-6-13-4-2-3-5-15(13)23-16/h2-7,9,11-12H,8H2,1H3. The van der Waals surface area contributed by atoms with E-state index >= 15 is 0 Å². The highest BCUT2D eigenvalue weighted by molar-refractivity contribution is 7.98. The van der Waals surface area contributed by atoms with Crippen molar-refractivity contribution in [3.8, 4) is 23.4 Å². The summed E-state index contributed by atoms with van der Waals surface area (Å²) in [6.45, 7) is 0. The first kappa shape index (κ1) is 16.2. The van der Waals surface area contributed by atoms with Crippen molar-refractivity contribution in [1.29, 1.82) is 5.26 Å². The number of para-hydroxylation sites is 1. The maximum atomic E-state index is 9.17. The van der Waals surface area contributed by atoms with Crippen LogP contribution in [-0.2, 0) is 6.42 Å². The van der Waals surface area contributed by atoms with Gasteiger partial charge in [-0.05, 0) is 24.5 Å². The Morgan fingerprint density at radius 2 is 1.96 bits per heavy atom. The van der Waals surface area contributed by atoms with Crippen LogP contribution in [0, 0.1) is 11.3 Å². The topological polar surface area (TPSA) is 80.3 Å². The molecule has 0 aliphatic rings. The smallest absolute Gasteiger partial charge is 0.189 e. The number of nitriles is 1. The van der Waals surface area contributed by atoms with E-state index in [-0.39, 0.29) is 6.42 Å². The Labute approximate surface area is 154 Å². The van der Waals surface area contributed by atoms with E-state index in [0.29, 0.717) is 16.8 Å². The fraction of sp³-hybridized carbons (Fsp3) is 0.105. The van der Waals surface area contributed by atoms with Gasteiger partial charge in [0.05, 0.1) is 29.9 Å². The Kier molecular flexibility index (Phi) is 4.33. The second kappa shape index (κ2) is 6.94. The number of aromatic nitrogens is 5. The van der Waals surface area contributed by atoms with E-state index in [1.807, 2.05) is 53.3 Å². The van der Waals surface area contributed by atoms with Crippen LogP contribution in [0.2, 0.25) is 0 Å². The van der Waals surface area contributed by atoms with Crippen molar-refractivity contribution in [3.05, 3.63) is 60.6 Å². The largest absolute Gasteiger partial charge is 0.278 e. The number of benzene rings is 1. The Balaban J connectivity index is 1.92. The quantitative estimate of drug-likeness (QED) is 0.409. The maximum Gasteiger partial charge on any atom is 0.189 e. The van der Waals surface area contributed by atoms with Crippen molar-refractivity contribution in [2.75, 3.05) is 6.26 Å². The van der Waals surface area contributed by atoms with Gasteiger partial charge in [-0.2, -0.15) is 5.26 Å². The van der Waals surface area contributed by atoms with Gasteiger partial charge in [0.1, 0.15) is 11.5 Å². The lowest BCUT2D eigenvalue weighted by Gasteiger charge is -2.10. The normalized spacial score (nSPS) is 10.8. The van der Waals surface area contributed by atoms with Crippen LogP contribution in [0.1, 0.15) is 5.69 Å². The van der Waals surface area contributed by atoms with Crippen molar-refractivity contribution in [1.82, 2.24) is 24.5 Å². The Morgan fingerprint density at radius 3 is 2.81 bits per heavy atom. The van der Waals surface area contributed by atoms with E-state index in [4.69, 9.17) is 10.2 Å². The minimum absolute atomic E-state index is 0.235. The third kappa shape index (κ3) is 2.91. The van der Waals surface area contributed by atoms with Crippen LogP contribution in [0.25, 0.3) is 28.2 Å². The van der Waals surface area contributed by atoms with Gasteiger partial charge in [-0.25, -0.2) is 19.9 Å². The van der Waals surface area contributed by atoms with Crippen LogP contribution in [0.5, 0.6) is 0 Å². The van der Waals surface area contributed by atoms with Crippen LogP contribution in [0.4, 0.5) is 0 Å². The molecule has 0 spiro atoms. The molecular formula is C19H14N6S. The summed E-state index contributed by atoms with van der Waals surface area (Å²) in [5.74, 6) is 1.34. The number of nitrogens with zero attached hydrogens (tertiary/aromatic N) is 6. The Hall–Kier alpha value is -3.24. The molecule has 4 aromatic rings. The SMILES string of the molecule is CSc1nccc(-n2c(CC#N)cnc2-c2ccc3ccccc3n2)n1. The number of fused-ring (bicyclic) bond motifs is 1. The first-order valence-corrected chi connectivity index (χ1v) is 9.20. The molecule has 0 aliphatic heterocycles. The summed E-state index contributed by atoms with van der Waals surface area (Å²) in [5.41, 5.74) is 2.40. The van der Waals surface area contributed by atoms with Crippen molar-refractivity contribution >= 4 is 22.7 Å². The lowest BCUT2D eigenvalue weighted by Crippen LogP contribution is -2.06. The molecule has 4 rings (SSSR count). The molecule has 0 radical (unpaired) electrons. The summed E-state index contributed by atoms with van der Waals surface area (Å²) in [4.78, 5) is 18.0. The van der Waals surface area contributed by atoms with Gasteiger partial charge >= 0.3 is 0 Å². The van der Waals surface area contributed by atoms with Crippen LogP contribution in [0.15, 0.2) is 60.0 Å². The molecule has 0 amide bonds. The third-order valence-electron chi connectivity index (χ3n) is 3.95. The molecule has 3 aromatic heterocycles. The molecular weight excluding hydrogens is 344 g/mol. The van der Waals surface area contributed by atoms with Gasteiger partial charge in [-0.3, -0.25) is 4.57 Å². The van der Waals surface area contributed by atoms with E-state index in [2.05, 4.69) is 21.0 Å². The Bertz CT molecular complexity index is 1130. The highest BCUT2D eigenvalue weighted by Crippen LogP contribution is 2.25. The minimum Gasteiger partial charge on any atom is -0.278 e. The molecule has 0 bridgehead atoms. The molecule has 6 nitrogen and oxygen atoms in total. The van der Waals surface area contributed by atoms with E-state index in [0.717, 1.165) is 22.3 Å². The van der Waals surface area contributed by atoms with Gasteiger partial charge in [-0.1, -0.05) is 36.0 Å². The van der Waals surface area contributed by atoms with E-state index in [1.165, 1.54) is 11.8 Å². The molecule has 0 saturated carbocycles. The van der Waals surface area contributed by atoms with Gasteiger partial charge in [0, 0.05) is 11.6 Å². The molecule has 3 heterocycles. The molecule has 0 saturated heterocycles. The molecule has 26 heavy (non-hydrogen) atoms. The summed E-state index contributed by atoms with van der Waals surface area (Å²) >= 11 is 1.47. The van der Waals surface area contributed by atoms with Crippen LogP contribution < -0.4 is 0 Å². The van der Waals surface area contributed by atoms with Gasteiger partial charge in [0.15, 0.2) is 11.0 Å². The minimum atomic E-state index is 0.235. The molecule has 1 aromatic carbocycles. The third-order valence-corrected chi connectivity index (χ3v) is 4.51. The maximum absolute atomic E-state index is 9.17. The van der Waals surface area contributed by atoms with Crippen molar-refractivity contribution in [2.24, 2.45) is 0 Å². The zero-order valence-corrected chi connectivity index (χ0v) is 14.8. The average molecular weight is 358 g/mol. The first-order valence-electron chi connectivity index (χ1n) is 7.97. The van der Waals surface area contributed by atoms with Gasteiger partial charge < -0.3 is 0 Å². The Morgan fingerprint density at radius 1 is 1.08 bits per heavy atom. The van der Waals surface area contributed by atoms with E-state index in [9.17, 15) is 0 Å². The predicted molar refractivity (Wildman–Crippen MR) is 101 cm³/mol. The number of imidazole rings is 1. The van der Waals surface area contributed by atoms with Gasteiger partial charge in [0.2, 0.25) is 0 Å². The molecule has 0 fully saturated rings. The summed E-state index contributed by atoms with van der Waals surface area (Å²) in [5, 5.41) is 10.9. The van der Waals surface area contributed by atoms with E-state index in [1.54, 1.807) is 12.4 Å². The van der Waals surface area contributed by atoms with E-state index < -0.39 is 0 Å². The van der Waals surface area contributed by atoms with Crippen molar-refractivity contribution < 1.29 is 0 Å². The first-order chi connectivity index (χ1) is 12.8. The molecule has 0 N–H and O–H groups in total. The van der Waals surface area contributed by atoms with Crippen LogP contribution >= 0.6 is 11.8 Å². The second-order valence-corrected chi connectivity index (χ2v) is 6.31. The number of rotatable bonds is 4. The molecule has 0 atom stereocenters. The molecule has 126 valence electrons. The lowest BCUT2D eigenvalue weighted by molar-refractivity contribution is 0.866. The summed E-state index contributed by atoms with van der Waals surface area (Å²) < 4.78 is 1.88. The highest BCUT2D eigenvalue weighted by Gasteiger charge is 2.16.